The number of benzene rings is 2. The maximum absolute atomic E-state index is 14.0. The average Bonchev–Trinajstić information content (AvgIpc) is 3.18. The topological polar surface area (TPSA) is 111 Å². The molecule has 1 heterocycles. The van der Waals surface area contributed by atoms with E-state index >= 15 is 0 Å². The van der Waals surface area contributed by atoms with Crippen LogP contribution in [0.3, 0.4) is 0 Å². The molecule has 3 aromatic rings. The zero-order chi connectivity index (χ0) is 24.2. The summed E-state index contributed by atoms with van der Waals surface area (Å²) in [7, 11) is 0. The number of esters is 1. The van der Waals surface area contributed by atoms with Crippen LogP contribution in [0.1, 0.15) is 23.0 Å². The number of halogens is 4. The third-order valence-corrected chi connectivity index (χ3v) is 4.30. The predicted molar refractivity (Wildman–Crippen MR) is 111 cm³/mol. The molecule has 33 heavy (non-hydrogen) atoms. The third-order valence-electron chi connectivity index (χ3n) is 4.30. The Kier molecular flexibility index (Phi) is 6.80. The summed E-state index contributed by atoms with van der Waals surface area (Å²) in [5.41, 5.74) is 2.55. The van der Waals surface area contributed by atoms with Gasteiger partial charge < -0.3 is 20.1 Å². The van der Waals surface area contributed by atoms with Crippen LogP contribution in [0.15, 0.2) is 64.2 Å². The predicted octanol–water partition coefficient (Wildman–Crippen LogP) is 5.00. The highest BCUT2D eigenvalue weighted by Gasteiger charge is 2.42. The smallest absolute Gasteiger partial charge is 0.434 e. The number of phenols is 1. The van der Waals surface area contributed by atoms with Crippen LogP contribution in [0.4, 0.5) is 23.2 Å². The van der Waals surface area contributed by atoms with Crippen molar-refractivity contribution in [3.05, 3.63) is 71.9 Å². The van der Waals surface area contributed by atoms with Gasteiger partial charge in [-0.3, -0.25) is 0 Å². The summed E-state index contributed by atoms with van der Waals surface area (Å²) < 4.78 is 65.5. The van der Waals surface area contributed by atoms with Gasteiger partial charge in [-0.1, -0.05) is 11.2 Å². The number of carbonyl (C=O) groups is 1. The normalized spacial score (nSPS) is 12.6. The Balaban J connectivity index is 2.23. The first kappa shape index (κ1) is 23.5. The number of nitrogens with zero attached hydrogens (tertiary/aromatic N) is 2. The van der Waals surface area contributed by atoms with E-state index in [-0.39, 0.29) is 29.3 Å². The van der Waals surface area contributed by atoms with Gasteiger partial charge in [-0.05, 0) is 49.4 Å². The van der Waals surface area contributed by atoms with E-state index in [1.807, 2.05) is 0 Å². The molecule has 0 saturated carbocycles. The van der Waals surface area contributed by atoms with Crippen LogP contribution in [0.2, 0.25) is 0 Å². The zero-order valence-electron chi connectivity index (χ0n) is 17.1. The second kappa shape index (κ2) is 9.55. The van der Waals surface area contributed by atoms with Crippen LogP contribution in [0, 0.1) is 5.82 Å². The first-order valence-electron chi connectivity index (χ1n) is 9.46. The molecule has 0 atom stereocenters. The van der Waals surface area contributed by atoms with Gasteiger partial charge in [-0.25, -0.2) is 14.2 Å². The Morgan fingerprint density at radius 1 is 1.24 bits per heavy atom. The molecule has 0 saturated heterocycles. The number of phenolic OH excluding ortho intramolecular Hbond substituents is 1. The molecule has 0 amide bonds. The van der Waals surface area contributed by atoms with Crippen molar-refractivity contribution in [3.8, 4) is 17.0 Å². The quantitative estimate of drug-likeness (QED) is 0.302. The number of nitrogens with two attached hydrogens (primary N) is 1. The van der Waals surface area contributed by atoms with E-state index in [0.29, 0.717) is 6.20 Å². The number of hydrogen-bond donors (Lipinski definition) is 2. The second-order valence-electron chi connectivity index (χ2n) is 6.52. The van der Waals surface area contributed by atoms with E-state index in [1.54, 1.807) is 0 Å². The van der Waals surface area contributed by atoms with Crippen LogP contribution >= 0.6 is 0 Å². The molecule has 3 rings (SSSR count). The number of aromatic hydroxyl groups is 1. The van der Waals surface area contributed by atoms with Crippen molar-refractivity contribution in [3.63, 3.8) is 0 Å². The van der Waals surface area contributed by atoms with E-state index < -0.39 is 40.6 Å². The fourth-order valence-electron chi connectivity index (χ4n) is 2.90. The Hall–Kier alpha value is -4.15. The summed E-state index contributed by atoms with van der Waals surface area (Å²) in [5.74, 6) is -2.52. The molecule has 3 N–H and O–H groups in total. The average molecular weight is 463 g/mol. The lowest BCUT2D eigenvalue weighted by Crippen LogP contribution is -2.25. The van der Waals surface area contributed by atoms with Crippen LogP contribution in [0.5, 0.6) is 5.75 Å². The summed E-state index contributed by atoms with van der Waals surface area (Å²) in [4.78, 5) is 16.2. The molecule has 0 unspecified atom stereocenters. The van der Waals surface area contributed by atoms with E-state index in [9.17, 15) is 27.5 Å². The summed E-state index contributed by atoms with van der Waals surface area (Å²) >= 11 is 0. The number of aromatic nitrogens is 1. The van der Waals surface area contributed by atoms with Gasteiger partial charge in [0.2, 0.25) is 0 Å². The standard InChI is InChI=1S/C22H17F4N3O4/c1-2-32-21(31)17-18(12-6-8-15(30)9-7-12)29-33-19(17)16(11-27)20(22(24,25)26)28-14-5-3-4-13(23)10-14/h3-11,30H,2,27H2,1H3. The fourth-order valence-corrected chi connectivity index (χ4v) is 2.90. The lowest BCUT2D eigenvalue weighted by molar-refractivity contribution is -0.0572. The highest BCUT2D eigenvalue weighted by Crippen LogP contribution is 2.36. The largest absolute Gasteiger partial charge is 0.508 e. The minimum atomic E-state index is -5.06. The van der Waals surface area contributed by atoms with Crippen molar-refractivity contribution in [1.82, 2.24) is 5.16 Å². The molecule has 0 fully saturated rings. The monoisotopic (exact) mass is 463 g/mol. The van der Waals surface area contributed by atoms with Gasteiger partial charge in [0, 0.05) is 11.8 Å². The van der Waals surface area contributed by atoms with Crippen LogP contribution in [-0.4, -0.2) is 34.7 Å². The lowest BCUT2D eigenvalue weighted by Gasteiger charge is -2.13. The van der Waals surface area contributed by atoms with Gasteiger partial charge in [0.05, 0.1) is 17.9 Å². The molecule has 7 nitrogen and oxygen atoms in total. The zero-order valence-corrected chi connectivity index (χ0v) is 17.1. The van der Waals surface area contributed by atoms with Crippen molar-refractivity contribution >= 4 is 22.9 Å². The summed E-state index contributed by atoms with van der Waals surface area (Å²) in [6, 6.07) is 9.57. The lowest BCUT2D eigenvalue weighted by atomic mass is 9.99. The third kappa shape index (κ3) is 5.20. The van der Waals surface area contributed by atoms with Crippen molar-refractivity contribution in [2.75, 3.05) is 6.61 Å². The first-order chi connectivity index (χ1) is 15.7. The molecular weight excluding hydrogens is 446 g/mol. The Morgan fingerprint density at radius 2 is 1.94 bits per heavy atom. The van der Waals surface area contributed by atoms with E-state index in [0.717, 1.165) is 18.2 Å². The van der Waals surface area contributed by atoms with Gasteiger partial charge in [0.25, 0.3) is 0 Å². The van der Waals surface area contributed by atoms with E-state index in [1.165, 1.54) is 37.3 Å². The van der Waals surface area contributed by atoms with E-state index in [4.69, 9.17) is 15.0 Å². The number of aliphatic imine (C=N–C) groups is 1. The molecule has 0 bridgehead atoms. The molecule has 0 spiro atoms. The Morgan fingerprint density at radius 3 is 2.52 bits per heavy atom. The van der Waals surface area contributed by atoms with Crippen molar-refractivity contribution < 1.29 is 36.7 Å². The summed E-state index contributed by atoms with van der Waals surface area (Å²) in [6.07, 6.45) is -4.50. The number of rotatable bonds is 6. The minimum Gasteiger partial charge on any atom is -0.508 e. The molecule has 2 aromatic carbocycles. The summed E-state index contributed by atoms with van der Waals surface area (Å²) in [6.45, 7) is 1.43. The van der Waals surface area contributed by atoms with Gasteiger partial charge >= 0.3 is 12.1 Å². The van der Waals surface area contributed by atoms with Gasteiger partial charge in [0.1, 0.15) is 22.8 Å². The molecule has 0 aliphatic rings. The molecule has 11 heteroatoms. The van der Waals surface area contributed by atoms with Crippen LogP contribution < -0.4 is 5.73 Å². The van der Waals surface area contributed by atoms with Crippen molar-refractivity contribution in [2.24, 2.45) is 10.7 Å². The molecule has 0 radical (unpaired) electrons. The number of allylic oxidation sites excluding steroid dienone is 1. The Labute approximate surface area is 184 Å². The molecule has 0 aliphatic heterocycles. The number of hydrogen-bond acceptors (Lipinski definition) is 7. The number of alkyl halides is 3. The highest BCUT2D eigenvalue weighted by atomic mass is 19.4. The van der Waals surface area contributed by atoms with Gasteiger partial charge in [-0.2, -0.15) is 13.2 Å². The first-order valence-corrected chi connectivity index (χ1v) is 9.46. The minimum absolute atomic E-state index is 0.0794. The molecular formula is C22H17F4N3O4. The van der Waals surface area contributed by atoms with Crippen LogP contribution in [0.25, 0.3) is 16.8 Å². The highest BCUT2D eigenvalue weighted by molar-refractivity contribution is 6.28. The van der Waals surface area contributed by atoms with Gasteiger partial charge in [-0.15, -0.1) is 0 Å². The van der Waals surface area contributed by atoms with Crippen molar-refractivity contribution in [2.45, 2.75) is 13.1 Å². The van der Waals surface area contributed by atoms with Gasteiger partial charge in [0.15, 0.2) is 11.5 Å². The van der Waals surface area contributed by atoms with E-state index in [2.05, 4.69) is 10.1 Å². The maximum atomic E-state index is 14.0. The fraction of sp³-hybridized carbons (Fsp3) is 0.136. The molecule has 0 aliphatic carbocycles. The second-order valence-corrected chi connectivity index (χ2v) is 6.52. The number of ether oxygens (including phenoxy) is 1. The molecule has 172 valence electrons. The Bertz CT molecular complexity index is 1220. The SMILES string of the molecule is CCOC(=O)c1c(-c2ccc(O)cc2)noc1C(=CN)C(=Nc1cccc(F)c1)C(F)(F)F. The van der Waals surface area contributed by atoms with Crippen LogP contribution in [-0.2, 0) is 4.74 Å². The summed E-state index contributed by atoms with van der Waals surface area (Å²) in [5, 5.41) is 13.2. The molecule has 1 aromatic heterocycles. The van der Waals surface area contributed by atoms with Crippen molar-refractivity contribution in [1.29, 1.82) is 0 Å². The number of carbonyl (C=O) groups excluding carboxylic acids is 1. The maximum Gasteiger partial charge on any atom is 0.434 e.